The average molecular weight is 310 g/mol. The van der Waals surface area contributed by atoms with Crippen molar-refractivity contribution in [3.8, 4) is 5.75 Å². The lowest BCUT2D eigenvalue weighted by Gasteiger charge is -2.12. The maximum atomic E-state index is 11.8. The van der Waals surface area contributed by atoms with E-state index in [9.17, 15) is 13.2 Å². The van der Waals surface area contributed by atoms with Gasteiger partial charge in [0.15, 0.2) is 0 Å². The van der Waals surface area contributed by atoms with Crippen LogP contribution < -0.4 is 10.1 Å². The van der Waals surface area contributed by atoms with Gasteiger partial charge in [-0.2, -0.15) is 13.2 Å². The summed E-state index contributed by atoms with van der Waals surface area (Å²) in [6, 6.07) is 5.45. The van der Waals surface area contributed by atoms with E-state index in [2.05, 4.69) is 10.1 Å². The lowest BCUT2D eigenvalue weighted by atomic mass is 10.1. The molecular weight excluding hydrogens is 295 g/mol. The normalized spacial score (nSPS) is 17.9. The number of benzene rings is 1. The minimum absolute atomic E-state index is 0.0189. The van der Waals surface area contributed by atoms with Crippen molar-refractivity contribution in [1.29, 1.82) is 0 Å². The molecule has 112 valence electrons. The maximum Gasteiger partial charge on any atom is 0.411 e. The Morgan fingerprint density at radius 1 is 1.40 bits per heavy atom. The van der Waals surface area contributed by atoms with Crippen molar-refractivity contribution in [2.45, 2.75) is 18.7 Å². The lowest BCUT2D eigenvalue weighted by molar-refractivity contribution is -0.173. The highest BCUT2D eigenvalue weighted by Crippen LogP contribution is 2.30. The topological polar surface area (TPSA) is 30.5 Å². The summed E-state index contributed by atoms with van der Waals surface area (Å²) in [6.07, 6.45) is -3.55. The number of alkyl halides is 3. The smallest absolute Gasteiger partial charge is 0.411 e. The van der Waals surface area contributed by atoms with Crippen LogP contribution in [0.3, 0.4) is 0 Å². The Morgan fingerprint density at radius 3 is 2.95 bits per heavy atom. The molecule has 1 N–H and O–H groups in total. The highest BCUT2D eigenvalue weighted by atomic mass is 35.5. The molecular formula is C13H15ClF3NO2. The molecule has 0 aliphatic carbocycles. The van der Waals surface area contributed by atoms with Crippen molar-refractivity contribution >= 4 is 11.6 Å². The second-order valence-corrected chi connectivity index (χ2v) is 5.00. The Balaban J connectivity index is 1.61. The third-order valence-corrected chi connectivity index (χ3v) is 3.06. The molecule has 0 amide bonds. The molecule has 1 atom stereocenters. The van der Waals surface area contributed by atoms with Crippen molar-refractivity contribution in [3.63, 3.8) is 0 Å². The van der Waals surface area contributed by atoms with Crippen LogP contribution in [-0.2, 0) is 11.2 Å². The summed E-state index contributed by atoms with van der Waals surface area (Å²) >= 11 is 5.89. The SMILES string of the molecule is FC(F)(F)COCCNCC1Cc2cc(Cl)ccc2O1. The first-order valence-electron chi connectivity index (χ1n) is 6.24. The molecule has 1 heterocycles. The van der Waals surface area contributed by atoms with Gasteiger partial charge in [0.25, 0.3) is 0 Å². The molecule has 3 nitrogen and oxygen atoms in total. The first-order valence-corrected chi connectivity index (χ1v) is 6.62. The third-order valence-electron chi connectivity index (χ3n) is 2.82. The molecule has 1 aromatic carbocycles. The van der Waals surface area contributed by atoms with Crippen LogP contribution >= 0.6 is 11.6 Å². The van der Waals surface area contributed by atoms with Gasteiger partial charge in [0, 0.05) is 24.5 Å². The second kappa shape index (κ2) is 6.65. The maximum absolute atomic E-state index is 11.8. The highest BCUT2D eigenvalue weighted by Gasteiger charge is 2.27. The molecule has 1 aliphatic rings. The van der Waals surface area contributed by atoms with Crippen LogP contribution in [0.4, 0.5) is 13.2 Å². The van der Waals surface area contributed by atoms with Crippen LogP contribution in [-0.4, -0.2) is 38.6 Å². The van der Waals surface area contributed by atoms with E-state index < -0.39 is 12.8 Å². The predicted octanol–water partition coefficient (Wildman–Crippen LogP) is 2.81. The molecule has 20 heavy (non-hydrogen) atoms. The van der Waals surface area contributed by atoms with Gasteiger partial charge in [-0.15, -0.1) is 0 Å². The number of hydrogen-bond donors (Lipinski definition) is 1. The predicted molar refractivity (Wildman–Crippen MR) is 69.3 cm³/mol. The molecule has 0 aromatic heterocycles. The summed E-state index contributed by atoms with van der Waals surface area (Å²) in [6.45, 7) is -0.279. The van der Waals surface area contributed by atoms with Gasteiger partial charge < -0.3 is 14.8 Å². The molecule has 2 rings (SSSR count). The van der Waals surface area contributed by atoms with Crippen LogP contribution in [0, 0.1) is 0 Å². The van der Waals surface area contributed by atoms with E-state index in [1.54, 1.807) is 6.07 Å². The van der Waals surface area contributed by atoms with Crippen LogP contribution in [0.25, 0.3) is 0 Å². The molecule has 0 radical (unpaired) electrons. The molecule has 0 fully saturated rings. The zero-order valence-electron chi connectivity index (χ0n) is 10.7. The second-order valence-electron chi connectivity index (χ2n) is 4.57. The number of nitrogens with one attached hydrogen (secondary N) is 1. The van der Waals surface area contributed by atoms with E-state index in [0.717, 1.165) is 17.7 Å². The van der Waals surface area contributed by atoms with Crippen molar-refractivity contribution in [2.24, 2.45) is 0 Å². The van der Waals surface area contributed by atoms with Gasteiger partial charge in [-0.1, -0.05) is 11.6 Å². The van der Waals surface area contributed by atoms with Gasteiger partial charge in [0.1, 0.15) is 18.5 Å². The first kappa shape index (κ1) is 15.4. The Morgan fingerprint density at radius 2 is 2.20 bits per heavy atom. The quantitative estimate of drug-likeness (QED) is 0.820. The largest absolute Gasteiger partial charge is 0.488 e. The number of hydrogen-bond acceptors (Lipinski definition) is 3. The Hall–Kier alpha value is -0.980. The van der Waals surface area contributed by atoms with Crippen LogP contribution in [0.1, 0.15) is 5.56 Å². The molecule has 1 aromatic rings. The summed E-state index contributed by atoms with van der Waals surface area (Å²) in [5.74, 6) is 0.814. The van der Waals surface area contributed by atoms with E-state index in [1.807, 2.05) is 12.1 Å². The lowest BCUT2D eigenvalue weighted by Crippen LogP contribution is -2.32. The minimum Gasteiger partial charge on any atom is -0.488 e. The van der Waals surface area contributed by atoms with Crippen molar-refractivity contribution in [3.05, 3.63) is 28.8 Å². The zero-order chi connectivity index (χ0) is 14.6. The summed E-state index contributed by atoms with van der Waals surface area (Å²) in [7, 11) is 0. The van der Waals surface area contributed by atoms with Gasteiger partial charge in [-0.05, 0) is 23.8 Å². The molecule has 0 spiro atoms. The molecule has 1 unspecified atom stereocenters. The van der Waals surface area contributed by atoms with Crippen molar-refractivity contribution < 1.29 is 22.6 Å². The molecule has 0 bridgehead atoms. The monoisotopic (exact) mass is 309 g/mol. The molecule has 0 saturated carbocycles. The number of rotatable bonds is 6. The minimum atomic E-state index is -4.27. The fourth-order valence-electron chi connectivity index (χ4n) is 2.00. The molecule has 0 saturated heterocycles. The van der Waals surface area contributed by atoms with Crippen molar-refractivity contribution in [1.82, 2.24) is 5.32 Å². The van der Waals surface area contributed by atoms with Crippen molar-refractivity contribution in [2.75, 3.05) is 26.3 Å². The first-order chi connectivity index (χ1) is 9.44. The van der Waals surface area contributed by atoms with Gasteiger partial charge in [0.05, 0.1) is 6.61 Å². The summed E-state index contributed by atoms with van der Waals surface area (Å²) in [5, 5.41) is 3.68. The molecule has 1 aliphatic heterocycles. The van der Waals surface area contributed by atoms with Gasteiger partial charge in [-0.3, -0.25) is 0 Å². The Bertz CT molecular complexity index is 454. The van der Waals surface area contributed by atoms with Gasteiger partial charge in [-0.25, -0.2) is 0 Å². The summed E-state index contributed by atoms with van der Waals surface area (Å²) < 4.78 is 45.6. The third kappa shape index (κ3) is 4.85. The van der Waals surface area contributed by atoms with E-state index in [0.29, 0.717) is 18.1 Å². The number of halogens is 4. The number of ether oxygens (including phenoxy) is 2. The van der Waals surface area contributed by atoms with E-state index in [4.69, 9.17) is 16.3 Å². The van der Waals surface area contributed by atoms with Crippen LogP contribution in [0.2, 0.25) is 5.02 Å². The molecule has 7 heteroatoms. The van der Waals surface area contributed by atoms with E-state index in [1.165, 1.54) is 0 Å². The standard InChI is InChI=1S/C13H15ClF3NO2/c14-10-1-2-12-9(5-10)6-11(20-12)7-18-3-4-19-8-13(15,16)17/h1-2,5,11,18H,3-4,6-8H2. The van der Waals surface area contributed by atoms with Crippen LogP contribution in [0.5, 0.6) is 5.75 Å². The fourth-order valence-corrected chi connectivity index (χ4v) is 2.19. The summed E-state index contributed by atoms with van der Waals surface area (Å²) in [5.41, 5.74) is 1.05. The van der Waals surface area contributed by atoms with Gasteiger partial charge in [0.2, 0.25) is 0 Å². The zero-order valence-corrected chi connectivity index (χ0v) is 11.4. The average Bonchev–Trinajstić information content (AvgIpc) is 2.74. The summed E-state index contributed by atoms with van der Waals surface area (Å²) in [4.78, 5) is 0. The highest BCUT2D eigenvalue weighted by molar-refractivity contribution is 6.30. The van der Waals surface area contributed by atoms with E-state index in [-0.39, 0.29) is 12.7 Å². The van der Waals surface area contributed by atoms with Crippen LogP contribution in [0.15, 0.2) is 18.2 Å². The Kier molecular flexibility index (Phi) is 5.12. The Labute approximate surface area is 120 Å². The van der Waals surface area contributed by atoms with E-state index >= 15 is 0 Å². The fraction of sp³-hybridized carbons (Fsp3) is 0.538. The van der Waals surface area contributed by atoms with Gasteiger partial charge >= 0.3 is 6.18 Å². The number of fused-ring (bicyclic) bond motifs is 1.